The normalized spacial score (nSPS) is 20.5. The van der Waals surface area contributed by atoms with Gasteiger partial charge in [-0.3, -0.25) is 19.9 Å². The van der Waals surface area contributed by atoms with Gasteiger partial charge in [-0.15, -0.1) is 0 Å². The lowest BCUT2D eigenvalue weighted by atomic mass is 9.95. The lowest BCUT2D eigenvalue weighted by molar-refractivity contribution is -0.125. The van der Waals surface area contributed by atoms with Crippen molar-refractivity contribution in [3.63, 3.8) is 0 Å². The number of ether oxygens (including phenoxy) is 1. The summed E-state index contributed by atoms with van der Waals surface area (Å²) in [5.74, 6) is -0.126. The van der Waals surface area contributed by atoms with E-state index in [1.54, 1.807) is 30.5 Å². The lowest BCUT2D eigenvalue weighted by Gasteiger charge is -2.29. The zero-order chi connectivity index (χ0) is 21.0. The molecule has 0 radical (unpaired) electrons. The molecule has 4 amide bonds. The van der Waals surface area contributed by atoms with E-state index in [0.717, 1.165) is 5.56 Å². The van der Waals surface area contributed by atoms with Crippen LogP contribution in [0.5, 0.6) is 5.75 Å². The molecule has 30 heavy (non-hydrogen) atoms. The zero-order valence-electron chi connectivity index (χ0n) is 15.7. The third-order valence-electron chi connectivity index (χ3n) is 5.35. The van der Waals surface area contributed by atoms with Gasteiger partial charge in [0.15, 0.2) is 11.1 Å². The topological polar surface area (TPSA) is 114 Å². The Morgan fingerprint density at radius 1 is 1.30 bits per heavy atom. The van der Waals surface area contributed by atoms with Crippen LogP contribution >= 0.6 is 15.9 Å². The van der Waals surface area contributed by atoms with Crippen LogP contribution in [-0.4, -0.2) is 41.4 Å². The summed E-state index contributed by atoms with van der Waals surface area (Å²) in [5, 5.41) is 4.91. The van der Waals surface area contributed by atoms with E-state index >= 15 is 0 Å². The van der Waals surface area contributed by atoms with Crippen LogP contribution < -0.4 is 15.4 Å². The molecule has 1 saturated heterocycles. The van der Waals surface area contributed by atoms with Crippen molar-refractivity contribution in [1.82, 2.24) is 20.5 Å². The number of furan rings is 1. The number of imide groups is 1. The predicted octanol–water partition coefficient (Wildman–Crippen LogP) is 2.29. The number of rotatable bonds is 4. The third-order valence-corrected chi connectivity index (χ3v) is 6.14. The van der Waals surface area contributed by atoms with Crippen LogP contribution in [0, 0.1) is 0 Å². The van der Waals surface area contributed by atoms with E-state index in [-0.39, 0.29) is 24.8 Å². The van der Waals surface area contributed by atoms with E-state index in [2.05, 4.69) is 31.5 Å². The fourth-order valence-electron chi connectivity index (χ4n) is 3.90. The fourth-order valence-corrected chi connectivity index (χ4v) is 4.62. The zero-order valence-corrected chi connectivity index (χ0v) is 17.3. The monoisotopic (exact) mass is 470 g/mol. The van der Waals surface area contributed by atoms with E-state index in [4.69, 9.17) is 9.15 Å². The van der Waals surface area contributed by atoms with Crippen molar-refractivity contribution in [3.8, 4) is 5.75 Å². The van der Waals surface area contributed by atoms with E-state index in [9.17, 15) is 14.4 Å². The lowest BCUT2D eigenvalue weighted by Crippen LogP contribution is -2.52. The molecule has 152 valence electrons. The number of hydrogen-bond acceptors (Lipinski definition) is 6. The molecule has 1 aromatic carbocycles. The van der Waals surface area contributed by atoms with Gasteiger partial charge in [0.2, 0.25) is 0 Å². The van der Waals surface area contributed by atoms with E-state index < -0.39 is 17.5 Å². The summed E-state index contributed by atoms with van der Waals surface area (Å²) in [5.41, 5.74) is 0.722. The number of methoxy groups -OCH3 is 1. The number of nitrogens with zero attached hydrogens (tertiary/aromatic N) is 2. The molecule has 10 heteroatoms. The summed E-state index contributed by atoms with van der Waals surface area (Å²) >= 11 is 3.43. The Balaban J connectivity index is 1.56. The molecule has 2 aliphatic rings. The first-order valence-corrected chi connectivity index (χ1v) is 9.85. The summed E-state index contributed by atoms with van der Waals surface area (Å²) in [6.45, 7) is 0.173. The summed E-state index contributed by atoms with van der Waals surface area (Å²) in [6, 6.07) is 7.95. The maximum Gasteiger partial charge on any atom is 0.322 e. The Kier molecular flexibility index (Phi) is 4.07. The second kappa shape index (κ2) is 6.56. The Morgan fingerprint density at radius 2 is 2.13 bits per heavy atom. The highest BCUT2D eigenvalue weighted by atomic mass is 79.9. The first-order chi connectivity index (χ1) is 14.4. The molecule has 5 rings (SSSR count). The highest BCUT2D eigenvalue weighted by Crippen LogP contribution is 2.38. The minimum Gasteiger partial charge on any atom is -0.496 e. The molecular weight excluding hydrogens is 456 g/mol. The Hall–Kier alpha value is -3.40. The highest BCUT2D eigenvalue weighted by molar-refractivity contribution is 9.10. The van der Waals surface area contributed by atoms with Gasteiger partial charge in [-0.05, 0) is 39.7 Å². The molecule has 4 heterocycles. The molecule has 3 aromatic rings. The molecule has 0 spiro atoms. The molecule has 0 unspecified atom stereocenters. The van der Waals surface area contributed by atoms with Crippen molar-refractivity contribution < 1.29 is 23.5 Å². The van der Waals surface area contributed by atoms with Crippen LogP contribution in [0.3, 0.4) is 0 Å². The average molecular weight is 471 g/mol. The Morgan fingerprint density at radius 3 is 2.83 bits per heavy atom. The van der Waals surface area contributed by atoms with Crippen LogP contribution in [0.1, 0.15) is 21.7 Å². The molecule has 2 aliphatic heterocycles. The number of carbonyl (C=O) groups excluding carboxylic acids is 3. The van der Waals surface area contributed by atoms with Crippen LogP contribution in [0.4, 0.5) is 4.79 Å². The summed E-state index contributed by atoms with van der Waals surface area (Å²) < 4.78 is 11.7. The minimum absolute atomic E-state index is 0.104. The molecule has 1 atom stereocenters. The quantitative estimate of drug-likeness (QED) is 0.565. The molecule has 2 N–H and O–H groups in total. The maximum absolute atomic E-state index is 13.2. The van der Waals surface area contributed by atoms with Gasteiger partial charge in [-0.2, -0.15) is 0 Å². The Labute approximate surface area is 178 Å². The molecule has 1 fully saturated rings. The van der Waals surface area contributed by atoms with E-state index in [1.165, 1.54) is 12.0 Å². The number of urea groups is 1. The second-order valence-electron chi connectivity index (χ2n) is 7.09. The summed E-state index contributed by atoms with van der Waals surface area (Å²) in [4.78, 5) is 43.8. The maximum atomic E-state index is 13.2. The predicted molar refractivity (Wildman–Crippen MR) is 108 cm³/mol. The van der Waals surface area contributed by atoms with Gasteiger partial charge in [0, 0.05) is 18.8 Å². The Bertz CT molecular complexity index is 1210. The molecular formula is C20H15BrN4O5. The minimum atomic E-state index is -1.56. The number of benzene rings is 1. The first kappa shape index (κ1) is 18.6. The van der Waals surface area contributed by atoms with Crippen LogP contribution in [0.25, 0.3) is 11.1 Å². The number of halogens is 1. The highest BCUT2D eigenvalue weighted by Gasteiger charge is 2.53. The van der Waals surface area contributed by atoms with Crippen LogP contribution in [0.15, 0.2) is 45.4 Å². The SMILES string of the molecule is COc1ccc2c(c1Br)C(=O)N(C[C@@]1(c3cc4ncccc4o3)NC(=O)NC1=O)C2. The van der Waals surface area contributed by atoms with Gasteiger partial charge in [-0.25, -0.2) is 4.79 Å². The van der Waals surface area contributed by atoms with Crippen molar-refractivity contribution in [3.05, 3.63) is 57.9 Å². The van der Waals surface area contributed by atoms with Crippen molar-refractivity contribution in [2.45, 2.75) is 12.1 Å². The molecule has 2 aromatic heterocycles. The molecule has 0 bridgehead atoms. The number of nitrogens with one attached hydrogen (secondary N) is 2. The summed E-state index contributed by atoms with van der Waals surface area (Å²) in [6.07, 6.45) is 1.60. The molecule has 0 aliphatic carbocycles. The van der Waals surface area contributed by atoms with Gasteiger partial charge in [-0.1, -0.05) is 6.07 Å². The number of aromatic nitrogens is 1. The smallest absolute Gasteiger partial charge is 0.322 e. The second-order valence-corrected chi connectivity index (χ2v) is 7.88. The van der Waals surface area contributed by atoms with E-state index in [0.29, 0.717) is 26.9 Å². The molecule has 9 nitrogen and oxygen atoms in total. The van der Waals surface area contributed by atoms with Gasteiger partial charge in [0.1, 0.15) is 17.0 Å². The number of pyridine rings is 1. The van der Waals surface area contributed by atoms with Gasteiger partial charge >= 0.3 is 6.03 Å². The number of fused-ring (bicyclic) bond motifs is 2. The third kappa shape index (κ3) is 2.60. The van der Waals surface area contributed by atoms with Crippen LogP contribution in [-0.2, 0) is 16.9 Å². The van der Waals surface area contributed by atoms with Crippen molar-refractivity contribution in [1.29, 1.82) is 0 Å². The van der Waals surface area contributed by atoms with E-state index in [1.807, 2.05) is 6.07 Å². The summed E-state index contributed by atoms with van der Waals surface area (Å²) in [7, 11) is 1.52. The van der Waals surface area contributed by atoms with Crippen LogP contribution in [0.2, 0.25) is 0 Å². The van der Waals surface area contributed by atoms with Gasteiger partial charge in [0.25, 0.3) is 11.8 Å². The van der Waals surface area contributed by atoms with Crippen molar-refractivity contribution in [2.75, 3.05) is 13.7 Å². The first-order valence-electron chi connectivity index (χ1n) is 9.06. The standard InChI is InChI=1S/C20H15BrN4O5/c1-29-13-5-4-10-8-25(17(26)15(10)16(13)21)9-20(18(27)23-19(28)24-20)14-7-11-12(30-14)3-2-6-22-11/h2-7H,8-9H2,1H3,(H2,23,24,27,28)/t20-/m0/s1. The fraction of sp³-hybridized carbons (Fsp3) is 0.200. The molecule has 0 saturated carbocycles. The van der Waals surface area contributed by atoms with Gasteiger partial charge in [0.05, 0.1) is 23.7 Å². The number of amides is 4. The number of carbonyl (C=O) groups is 3. The number of hydrogen-bond donors (Lipinski definition) is 2. The largest absolute Gasteiger partial charge is 0.496 e. The van der Waals surface area contributed by atoms with Gasteiger partial charge < -0.3 is 19.4 Å². The average Bonchev–Trinajstić information content (AvgIpc) is 3.37. The van der Waals surface area contributed by atoms with Crippen molar-refractivity contribution >= 4 is 44.9 Å². The van der Waals surface area contributed by atoms with Crippen molar-refractivity contribution in [2.24, 2.45) is 0 Å².